The third-order valence-corrected chi connectivity index (χ3v) is 2.51. The predicted molar refractivity (Wildman–Crippen MR) is 65.7 cm³/mol. The van der Waals surface area contributed by atoms with Gasteiger partial charge in [0, 0.05) is 13.1 Å². The number of carbonyl (C=O) groups excluding carboxylic acids is 3. The van der Waals surface area contributed by atoms with Gasteiger partial charge in [-0.3, -0.25) is 15.0 Å². The van der Waals surface area contributed by atoms with E-state index in [9.17, 15) is 14.4 Å². The molecule has 1 atom stereocenters. The molecule has 0 unspecified atom stereocenters. The number of hydrogen-bond donors (Lipinski definition) is 4. The third kappa shape index (κ3) is 5.53. The summed E-state index contributed by atoms with van der Waals surface area (Å²) in [7, 11) is 0. The normalized spacial score (nSPS) is 16.6. The van der Waals surface area contributed by atoms with Crippen LogP contribution < -0.4 is 21.9 Å². The number of hydrazine groups is 1. The summed E-state index contributed by atoms with van der Waals surface area (Å²) in [6.45, 7) is 3.36. The van der Waals surface area contributed by atoms with Gasteiger partial charge in [-0.2, -0.15) is 0 Å². The second kappa shape index (κ2) is 7.54. The molecular formula is C10H19N5O4. The zero-order valence-corrected chi connectivity index (χ0v) is 10.8. The first-order valence-electron chi connectivity index (χ1n) is 5.95. The van der Waals surface area contributed by atoms with Crippen molar-refractivity contribution in [3.63, 3.8) is 0 Å². The maximum absolute atomic E-state index is 11.8. The minimum absolute atomic E-state index is 0.171. The molecule has 0 aromatic heterocycles. The Hall–Kier alpha value is -1.87. The maximum Gasteiger partial charge on any atom is 0.318 e. The minimum Gasteiger partial charge on any atom is -0.378 e. The van der Waals surface area contributed by atoms with Crippen LogP contribution in [0.4, 0.5) is 4.79 Å². The van der Waals surface area contributed by atoms with Crippen LogP contribution >= 0.6 is 0 Å². The second-order valence-corrected chi connectivity index (χ2v) is 4.08. The van der Waals surface area contributed by atoms with Gasteiger partial charge < -0.3 is 20.7 Å². The summed E-state index contributed by atoms with van der Waals surface area (Å²) < 4.78 is 5.12. The Kier molecular flexibility index (Phi) is 6.03. The Morgan fingerprint density at radius 1 is 1.32 bits per heavy atom. The van der Waals surface area contributed by atoms with Gasteiger partial charge in [0.1, 0.15) is 6.04 Å². The van der Waals surface area contributed by atoms with Crippen LogP contribution in [0.2, 0.25) is 0 Å². The highest BCUT2D eigenvalue weighted by molar-refractivity contribution is 5.86. The van der Waals surface area contributed by atoms with Gasteiger partial charge in [0.05, 0.1) is 19.8 Å². The lowest BCUT2D eigenvalue weighted by atomic mass is 10.3. The number of primary amides is 1. The van der Waals surface area contributed by atoms with E-state index in [0.29, 0.717) is 26.3 Å². The monoisotopic (exact) mass is 273 g/mol. The standard InChI is InChI=1S/C10H19N5O4/c1-7(9(17)14-12-6-8(11)16)13-10(18)15-2-4-19-5-3-15/h7,12H,2-6H2,1H3,(H2,11,16)(H,13,18)(H,14,17)/t7-/m0/s1. The minimum atomic E-state index is -0.726. The molecule has 108 valence electrons. The molecule has 1 fully saturated rings. The summed E-state index contributed by atoms with van der Waals surface area (Å²) in [4.78, 5) is 35.4. The molecule has 0 spiro atoms. The first-order valence-corrected chi connectivity index (χ1v) is 5.95. The number of rotatable bonds is 5. The van der Waals surface area contributed by atoms with Crippen molar-refractivity contribution in [2.75, 3.05) is 32.8 Å². The molecule has 9 nitrogen and oxygen atoms in total. The molecule has 1 heterocycles. The van der Waals surface area contributed by atoms with Gasteiger partial charge >= 0.3 is 6.03 Å². The molecule has 1 aliphatic heterocycles. The van der Waals surface area contributed by atoms with Crippen LogP contribution in [0.25, 0.3) is 0 Å². The lowest BCUT2D eigenvalue weighted by Crippen LogP contribution is -2.54. The summed E-state index contributed by atoms with van der Waals surface area (Å²) in [5.41, 5.74) is 9.53. The summed E-state index contributed by atoms with van der Waals surface area (Å²) in [5, 5.41) is 2.55. The van der Waals surface area contributed by atoms with Crippen molar-refractivity contribution in [1.29, 1.82) is 0 Å². The molecule has 0 aromatic rings. The van der Waals surface area contributed by atoms with E-state index in [1.807, 2.05) is 0 Å². The molecule has 0 aromatic carbocycles. The number of nitrogens with one attached hydrogen (secondary N) is 3. The summed E-state index contributed by atoms with van der Waals surface area (Å²) in [6, 6.07) is -1.04. The maximum atomic E-state index is 11.8. The fourth-order valence-electron chi connectivity index (χ4n) is 1.44. The number of urea groups is 1. The Labute approximate surface area is 110 Å². The topological polar surface area (TPSA) is 126 Å². The lowest BCUT2D eigenvalue weighted by Gasteiger charge is -2.28. The van der Waals surface area contributed by atoms with Crippen LogP contribution in [0.3, 0.4) is 0 Å². The number of carbonyl (C=O) groups is 3. The van der Waals surface area contributed by atoms with Crippen LogP contribution in [-0.4, -0.2) is 61.6 Å². The van der Waals surface area contributed by atoms with Crippen LogP contribution in [0.15, 0.2) is 0 Å². The lowest BCUT2D eigenvalue weighted by molar-refractivity contribution is -0.124. The molecule has 19 heavy (non-hydrogen) atoms. The number of amides is 4. The fraction of sp³-hybridized carbons (Fsp3) is 0.700. The van der Waals surface area contributed by atoms with Crippen molar-refractivity contribution in [3.05, 3.63) is 0 Å². The van der Waals surface area contributed by atoms with E-state index in [4.69, 9.17) is 10.5 Å². The van der Waals surface area contributed by atoms with Crippen molar-refractivity contribution in [2.45, 2.75) is 13.0 Å². The SMILES string of the molecule is C[C@H](NC(=O)N1CCOCC1)C(=O)NNCC(N)=O. The van der Waals surface area contributed by atoms with Gasteiger partial charge in [-0.1, -0.05) is 0 Å². The van der Waals surface area contributed by atoms with Crippen LogP contribution in [0.5, 0.6) is 0 Å². The highest BCUT2D eigenvalue weighted by Gasteiger charge is 2.21. The van der Waals surface area contributed by atoms with Crippen molar-refractivity contribution in [3.8, 4) is 0 Å². The molecule has 1 rings (SSSR count). The molecule has 9 heteroatoms. The molecule has 0 aliphatic carbocycles. The largest absolute Gasteiger partial charge is 0.378 e. The third-order valence-electron chi connectivity index (χ3n) is 2.51. The van der Waals surface area contributed by atoms with E-state index in [2.05, 4.69) is 16.2 Å². The van der Waals surface area contributed by atoms with E-state index in [1.54, 1.807) is 11.8 Å². The highest BCUT2D eigenvalue weighted by Crippen LogP contribution is 1.97. The van der Waals surface area contributed by atoms with Gasteiger partial charge in [-0.25, -0.2) is 10.2 Å². The van der Waals surface area contributed by atoms with Crippen LogP contribution in [0, 0.1) is 0 Å². The molecule has 0 bridgehead atoms. The zero-order valence-electron chi connectivity index (χ0n) is 10.8. The van der Waals surface area contributed by atoms with Crippen molar-refractivity contribution >= 4 is 17.8 Å². The Morgan fingerprint density at radius 2 is 1.95 bits per heavy atom. The van der Waals surface area contributed by atoms with E-state index in [1.165, 1.54) is 0 Å². The predicted octanol–water partition coefficient (Wildman–Crippen LogP) is -2.48. The Bertz CT molecular complexity index is 343. The molecule has 1 aliphatic rings. The van der Waals surface area contributed by atoms with Gasteiger partial charge in [0.15, 0.2) is 0 Å². The molecular weight excluding hydrogens is 254 g/mol. The van der Waals surface area contributed by atoms with Crippen LogP contribution in [0.1, 0.15) is 6.92 Å². The molecule has 0 saturated carbocycles. The number of nitrogens with two attached hydrogens (primary N) is 1. The first kappa shape index (κ1) is 15.2. The number of hydrogen-bond acceptors (Lipinski definition) is 5. The molecule has 4 amide bonds. The van der Waals surface area contributed by atoms with Crippen molar-refractivity contribution < 1.29 is 19.1 Å². The number of morpholine rings is 1. The van der Waals surface area contributed by atoms with E-state index in [0.717, 1.165) is 0 Å². The van der Waals surface area contributed by atoms with Crippen LogP contribution in [-0.2, 0) is 14.3 Å². The smallest absolute Gasteiger partial charge is 0.318 e. The number of ether oxygens (including phenoxy) is 1. The summed E-state index contributed by atoms with van der Waals surface area (Å²) in [5.74, 6) is -1.05. The molecule has 1 saturated heterocycles. The zero-order chi connectivity index (χ0) is 14.3. The Balaban J connectivity index is 2.28. The van der Waals surface area contributed by atoms with E-state index >= 15 is 0 Å². The van der Waals surface area contributed by atoms with E-state index in [-0.39, 0.29) is 12.6 Å². The van der Waals surface area contributed by atoms with Crippen molar-refractivity contribution in [2.24, 2.45) is 5.73 Å². The average Bonchev–Trinajstić information content (AvgIpc) is 2.39. The van der Waals surface area contributed by atoms with E-state index < -0.39 is 17.9 Å². The first-order chi connectivity index (χ1) is 9.00. The summed E-state index contributed by atoms with van der Waals surface area (Å²) >= 11 is 0. The second-order valence-electron chi connectivity index (χ2n) is 4.08. The highest BCUT2D eigenvalue weighted by atomic mass is 16.5. The Morgan fingerprint density at radius 3 is 2.53 bits per heavy atom. The van der Waals surface area contributed by atoms with Gasteiger partial charge in [-0.05, 0) is 6.92 Å². The van der Waals surface area contributed by atoms with Gasteiger partial charge in [-0.15, -0.1) is 0 Å². The van der Waals surface area contributed by atoms with Crippen molar-refractivity contribution in [1.82, 2.24) is 21.1 Å². The number of nitrogens with zero attached hydrogens (tertiary/aromatic N) is 1. The average molecular weight is 273 g/mol. The quantitative estimate of drug-likeness (QED) is 0.413. The summed E-state index contributed by atoms with van der Waals surface area (Å²) in [6.07, 6.45) is 0. The fourth-order valence-corrected chi connectivity index (χ4v) is 1.44. The molecule has 5 N–H and O–H groups in total. The molecule has 0 radical (unpaired) electrons. The van der Waals surface area contributed by atoms with Gasteiger partial charge in [0.2, 0.25) is 5.91 Å². The van der Waals surface area contributed by atoms with Gasteiger partial charge in [0.25, 0.3) is 5.91 Å².